The lowest BCUT2D eigenvalue weighted by Gasteiger charge is -2.22. The molecule has 1 aromatic carbocycles. The Morgan fingerprint density at radius 2 is 1.92 bits per heavy atom. The monoisotopic (exact) mass is 363 g/mol. The molecule has 1 atom stereocenters. The molecule has 128 valence electrons. The van der Waals surface area contributed by atoms with Crippen LogP contribution in [0.15, 0.2) is 40.6 Å². The largest absolute Gasteiger partial charge is 0.292 e. The lowest BCUT2D eigenvalue weighted by molar-refractivity contribution is 0.0918. The molecule has 1 aliphatic rings. The van der Waals surface area contributed by atoms with Gasteiger partial charge in [0.25, 0.3) is 10.0 Å². The molecule has 2 heterocycles. The van der Waals surface area contributed by atoms with E-state index in [2.05, 4.69) is 0 Å². The number of thiophene rings is 1. The Morgan fingerprint density at radius 1 is 1.21 bits per heavy atom. The fraction of sp³-hybridized carbons (Fsp3) is 0.389. The molecule has 6 heteroatoms. The molecule has 0 N–H and O–H groups in total. The minimum atomic E-state index is -3.61. The number of carbonyl (C=O) groups is 1. The molecule has 3 rings (SSSR count). The van der Waals surface area contributed by atoms with Crippen LogP contribution in [0.5, 0.6) is 0 Å². The molecule has 0 radical (unpaired) electrons. The summed E-state index contributed by atoms with van der Waals surface area (Å²) in [6.45, 7) is 4.37. The van der Waals surface area contributed by atoms with Crippen LogP contribution in [0.25, 0.3) is 0 Å². The molecule has 0 amide bonds. The number of aryl methyl sites for hydroxylation is 2. The highest BCUT2D eigenvalue weighted by Crippen LogP contribution is 2.31. The number of hydrogen-bond donors (Lipinski definition) is 0. The molecular weight excluding hydrogens is 342 g/mol. The van der Waals surface area contributed by atoms with Crippen molar-refractivity contribution in [2.45, 2.75) is 43.4 Å². The highest BCUT2D eigenvalue weighted by molar-refractivity contribution is 7.91. The first-order valence-electron chi connectivity index (χ1n) is 8.15. The molecule has 1 aromatic heterocycles. The molecule has 0 saturated carbocycles. The lowest BCUT2D eigenvalue weighted by atomic mass is 10.0. The molecule has 1 saturated heterocycles. The first-order chi connectivity index (χ1) is 11.4. The van der Waals surface area contributed by atoms with E-state index in [0.717, 1.165) is 16.9 Å². The van der Waals surface area contributed by atoms with Crippen LogP contribution in [0.2, 0.25) is 0 Å². The average Bonchev–Trinajstić information content (AvgIpc) is 3.24. The normalized spacial score (nSPS) is 18.8. The maximum atomic E-state index is 12.9. The summed E-state index contributed by atoms with van der Waals surface area (Å²) < 4.78 is 27.6. The Balaban J connectivity index is 1.89. The van der Waals surface area contributed by atoms with E-state index >= 15 is 0 Å². The van der Waals surface area contributed by atoms with Crippen molar-refractivity contribution in [3.63, 3.8) is 0 Å². The van der Waals surface area contributed by atoms with Crippen LogP contribution in [0, 0.1) is 6.92 Å². The third kappa shape index (κ3) is 3.18. The van der Waals surface area contributed by atoms with Crippen LogP contribution in [-0.2, 0) is 16.4 Å². The molecule has 4 nitrogen and oxygen atoms in total. The third-order valence-corrected chi connectivity index (χ3v) is 8.00. The molecule has 2 aromatic rings. The van der Waals surface area contributed by atoms with Crippen molar-refractivity contribution < 1.29 is 13.2 Å². The van der Waals surface area contributed by atoms with Gasteiger partial charge in [-0.1, -0.05) is 36.8 Å². The Labute approximate surface area is 147 Å². The van der Waals surface area contributed by atoms with E-state index in [1.165, 1.54) is 15.6 Å². The summed E-state index contributed by atoms with van der Waals surface area (Å²) >= 11 is 1.30. The highest BCUT2D eigenvalue weighted by atomic mass is 32.2. The van der Waals surface area contributed by atoms with Gasteiger partial charge in [0.15, 0.2) is 5.78 Å². The lowest BCUT2D eigenvalue weighted by Crippen LogP contribution is -2.40. The van der Waals surface area contributed by atoms with Gasteiger partial charge in [0.2, 0.25) is 0 Å². The van der Waals surface area contributed by atoms with Gasteiger partial charge in [-0.05, 0) is 38.3 Å². The summed E-state index contributed by atoms with van der Waals surface area (Å²) in [5.74, 6) is -0.108. The van der Waals surface area contributed by atoms with Gasteiger partial charge in [0.05, 0.1) is 6.04 Å². The van der Waals surface area contributed by atoms with E-state index in [0.29, 0.717) is 29.2 Å². The molecular formula is C18H21NO3S2. The second kappa shape index (κ2) is 6.78. The third-order valence-electron chi connectivity index (χ3n) is 4.39. The van der Waals surface area contributed by atoms with Gasteiger partial charge in [0, 0.05) is 17.0 Å². The summed E-state index contributed by atoms with van der Waals surface area (Å²) in [6, 6.07) is 10.2. The standard InChI is InChI=1S/C18H21NO3S2/c1-3-15-10-11-17(23-15)24(21,22)19-12-4-5-16(19)18(20)14-8-6-13(2)7-9-14/h6-11,16H,3-5,12H2,1-2H3. The van der Waals surface area contributed by atoms with E-state index in [9.17, 15) is 13.2 Å². The highest BCUT2D eigenvalue weighted by Gasteiger charge is 2.40. The van der Waals surface area contributed by atoms with Gasteiger partial charge in [-0.3, -0.25) is 4.79 Å². The Morgan fingerprint density at radius 3 is 2.54 bits per heavy atom. The molecule has 0 aliphatic carbocycles. The summed E-state index contributed by atoms with van der Waals surface area (Å²) in [7, 11) is -3.61. The van der Waals surface area contributed by atoms with E-state index in [4.69, 9.17) is 0 Å². The topological polar surface area (TPSA) is 54.5 Å². The minimum absolute atomic E-state index is 0.108. The zero-order valence-corrected chi connectivity index (χ0v) is 15.5. The van der Waals surface area contributed by atoms with E-state index in [1.807, 2.05) is 32.0 Å². The molecule has 1 fully saturated rings. The van der Waals surface area contributed by atoms with Crippen LogP contribution >= 0.6 is 11.3 Å². The SMILES string of the molecule is CCc1ccc(S(=O)(=O)N2CCCC2C(=O)c2ccc(C)cc2)s1. The number of rotatable bonds is 5. The van der Waals surface area contributed by atoms with Crippen molar-refractivity contribution in [3.05, 3.63) is 52.4 Å². The molecule has 0 bridgehead atoms. The van der Waals surface area contributed by atoms with Crippen LogP contribution in [0.3, 0.4) is 0 Å². The second-order valence-electron chi connectivity index (χ2n) is 6.08. The first kappa shape index (κ1) is 17.3. The van der Waals surface area contributed by atoms with Crippen LogP contribution in [0.1, 0.15) is 40.6 Å². The second-order valence-corrected chi connectivity index (χ2v) is 9.36. The van der Waals surface area contributed by atoms with Crippen molar-refractivity contribution in [3.8, 4) is 0 Å². The maximum Gasteiger partial charge on any atom is 0.253 e. The number of nitrogens with zero attached hydrogens (tertiary/aromatic N) is 1. The van der Waals surface area contributed by atoms with Crippen LogP contribution in [-0.4, -0.2) is 31.1 Å². The molecule has 1 unspecified atom stereocenters. The molecule has 1 aliphatic heterocycles. The Hall–Kier alpha value is -1.50. The predicted molar refractivity (Wildman–Crippen MR) is 96.1 cm³/mol. The Bertz CT molecular complexity index is 837. The number of ketones is 1. The number of benzene rings is 1. The number of Topliss-reactive ketones (excluding diaryl/α,β-unsaturated/α-hetero) is 1. The van der Waals surface area contributed by atoms with Crippen LogP contribution in [0.4, 0.5) is 0 Å². The van der Waals surface area contributed by atoms with Gasteiger partial charge in [-0.15, -0.1) is 11.3 Å². The smallest absolute Gasteiger partial charge is 0.253 e. The van der Waals surface area contributed by atoms with Crippen LogP contribution < -0.4 is 0 Å². The van der Waals surface area contributed by atoms with Crippen molar-refractivity contribution in [1.82, 2.24) is 4.31 Å². The maximum absolute atomic E-state index is 12.9. The van der Waals surface area contributed by atoms with E-state index < -0.39 is 16.1 Å². The summed E-state index contributed by atoms with van der Waals surface area (Å²) in [4.78, 5) is 13.8. The summed E-state index contributed by atoms with van der Waals surface area (Å²) in [6.07, 6.45) is 2.11. The van der Waals surface area contributed by atoms with E-state index in [-0.39, 0.29) is 5.78 Å². The summed E-state index contributed by atoms with van der Waals surface area (Å²) in [5, 5.41) is 0. The molecule has 0 spiro atoms. The van der Waals surface area contributed by atoms with Crippen molar-refractivity contribution in [2.75, 3.05) is 6.54 Å². The van der Waals surface area contributed by atoms with Gasteiger partial charge >= 0.3 is 0 Å². The number of carbonyl (C=O) groups excluding carboxylic acids is 1. The number of sulfonamides is 1. The predicted octanol–water partition coefficient (Wildman–Crippen LogP) is 3.65. The minimum Gasteiger partial charge on any atom is -0.292 e. The van der Waals surface area contributed by atoms with Crippen molar-refractivity contribution >= 4 is 27.1 Å². The van der Waals surface area contributed by atoms with Gasteiger partial charge in [-0.25, -0.2) is 8.42 Å². The zero-order chi connectivity index (χ0) is 17.3. The first-order valence-corrected chi connectivity index (χ1v) is 10.4. The fourth-order valence-electron chi connectivity index (χ4n) is 3.00. The molecule has 24 heavy (non-hydrogen) atoms. The van der Waals surface area contributed by atoms with Gasteiger partial charge in [-0.2, -0.15) is 4.31 Å². The number of hydrogen-bond acceptors (Lipinski definition) is 4. The average molecular weight is 364 g/mol. The Kier molecular flexibility index (Phi) is 4.90. The van der Waals surface area contributed by atoms with E-state index in [1.54, 1.807) is 18.2 Å². The van der Waals surface area contributed by atoms with Crippen molar-refractivity contribution in [1.29, 1.82) is 0 Å². The fourth-order valence-corrected chi connectivity index (χ4v) is 6.08. The zero-order valence-electron chi connectivity index (χ0n) is 13.9. The summed E-state index contributed by atoms with van der Waals surface area (Å²) in [5.41, 5.74) is 1.65. The van der Waals surface area contributed by atoms with Gasteiger partial charge in [0.1, 0.15) is 4.21 Å². The quantitative estimate of drug-likeness (QED) is 0.762. The van der Waals surface area contributed by atoms with Gasteiger partial charge < -0.3 is 0 Å². The van der Waals surface area contributed by atoms with Crippen molar-refractivity contribution in [2.24, 2.45) is 0 Å².